The molecule has 0 aliphatic heterocycles. The van der Waals surface area contributed by atoms with E-state index >= 15 is 0 Å². The number of pyridine rings is 1. The lowest BCUT2D eigenvalue weighted by Gasteiger charge is -2.12. The fraction of sp³-hybridized carbons (Fsp3) is 0.0417. The van der Waals surface area contributed by atoms with Crippen LogP contribution in [0.4, 0.5) is 11.4 Å². The Hall–Kier alpha value is -4.59. The molecule has 0 atom stereocenters. The van der Waals surface area contributed by atoms with Crippen LogP contribution in [0.2, 0.25) is 0 Å². The Morgan fingerprint density at radius 3 is 2.31 bits per heavy atom. The number of nitro benzene ring substituents is 1. The average molecular weight is 427 g/mol. The summed E-state index contributed by atoms with van der Waals surface area (Å²) in [6.45, 7) is 1.94. The number of fused-ring (bicyclic) bond motifs is 1. The highest BCUT2D eigenvalue weighted by Gasteiger charge is 2.16. The van der Waals surface area contributed by atoms with Crippen molar-refractivity contribution in [1.82, 2.24) is 4.98 Å². The molecular weight excluding hydrogens is 410 g/mol. The van der Waals surface area contributed by atoms with Gasteiger partial charge in [-0.2, -0.15) is 0 Å². The molecule has 0 aliphatic carbocycles. The number of benzene rings is 3. The SMILES string of the molecule is Cc1ccc(C(=O)Nc2ccc(OC(=O)c3ccc([N+](=O)[O-])cc3)c3cccnc23)cc1. The third-order valence-electron chi connectivity index (χ3n) is 4.81. The molecule has 0 radical (unpaired) electrons. The fourth-order valence-corrected chi connectivity index (χ4v) is 3.11. The number of rotatable bonds is 5. The zero-order chi connectivity index (χ0) is 22.7. The third-order valence-corrected chi connectivity index (χ3v) is 4.81. The first-order chi connectivity index (χ1) is 15.4. The van der Waals surface area contributed by atoms with Crippen LogP contribution >= 0.6 is 0 Å². The van der Waals surface area contributed by atoms with Gasteiger partial charge in [-0.1, -0.05) is 17.7 Å². The number of aryl methyl sites for hydroxylation is 1. The molecule has 1 amide bonds. The number of nitro groups is 1. The summed E-state index contributed by atoms with van der Waals surface area (Å²) in [5, 5.41) is 14.2. The number of nitrogens with one attached hydrogen (secondary N) is 1. The van der Waals surface area contributed by atoms with Crippen LogP contribution in [0.15, 0.2) is 79.0 Å². The molecule has 32 heavy (non-hydrogen) atoms. The molecule has 3 aromatic carbocycles. The number of anilines is 1. The van der Waals surface area contributed by atoms with Gasteiger partial charge in [0.2, 0.25) is 0 Å². The molecule has 4 rings (SSSR count). The number of carbonyl (C=O) groups is 2. The highest BCUT2D eigenvalue weighted by molar-refractivity contribution is 6.09. The molecule has 0 saturated carbocycles. The second kappa shape index (κ2) is 8.65. The van der Waals surface area contributed by atoms with E-state index in [1.807, 2.05) is 19.1 Å². The van der Waals surface area contributed by atoms with Gasteiger partial charge >= 0.3 is 5.97 Å². The molecule has 1 aromatic heterocycles. The molecule has 0 fully saturated rings. The fourth-order valence-electron chi connectivity index (χ4n) is 3.11. The number of carbonyl (C=O) groups excluding carboxylic acids is 2. The van der Waals surface area contributed by atoms with Crippen molar-refractivity contribution in [1.29, 1.82) is 0 Å². The van der Waals surface area contributed by atoms with E-state index in [2.05, 4.69) is 10.3 Å². The Kier molecular flexibility index (Phi) is 5.59. The van der Waals surface area contributed by atoms with Gasteiger partial charge in [0.05, 0.1) is 21.7 Å². The lowest BCUT2D eigenvalue weighted by Crippen LogP contribution is -2.13. The quantitative estimate of drug-likeness (QED) is 0.209. The van der Waals surface area contributed by atoms with E-state index in [4.69, 9.17) is 4.74 Å². The van der Waals surface area contributed by atoms with Crippen molar-refractivity contribution in [2.45, 2.75) is 6.92 Å². The minimum atomic E-state index is -0.665. The Labute approximate surface area is 182 Å². The van der Waals surface area contributed by atoms with Crippen LogP contribution in [0.25, 0.3) is 10.9 Å². The minimum Gasteiger partial charge on any atom is -0.422 e. The van der Waals surface area contributed by atoms with E-state index in [1.54, 1.807) is 42.6 Å². The number of hydrogen-bond acceptors (Lipinski definition) is 6. The predicted octanol–water partition coefficient (Wildman–Crippen LogP) is 4.92. The second-order valence-corrected chi connectivity index (χ2v) is 7.02. The summed E-state index contributed by atoms with van der Waals surface area (Å²) in [4.78, 5) is 39.7. The van der Waals surface area contributed by atoms with Crippen molar-refractivity contribution in [3.05, 3.63) is 106 Å². The molecule has 0 spiro atoms. The topological polar surface area (TPSA) is 111 Å². The van der Waals surface area contributed by atoms with Crippen LogP contribution in [-0.2, 0) is 0 Å². The van der Waals surface area contributed by atoms with E-state index in [-0.39, 0.29) is 22.9 Å². The summed E-state index contributed by atoms with van der Waals surface area (Å²) in [5.74, 6) is -0.696. The average Bonchev–Trinajstić information content (AvgIpc) is 2.81. The summed E-state index contributed by atoms with van der Waals surface area (Å²) >= 11 is 0. The molecule has 0 unspecified atom stereocenters. The van der Waals surface area contributed by atoms with Gasteiger partial charge in [-0.25, -0.2) is 4.79 Å². The van der Waals surface area contributed by atoms with Crippen molar-refractivity contribution in [2.24, 2.45) is 0 Å². The number of non-ortho nitro benzene ring substituents is 1. The highest BCUT2D eigenvalue weighted by Crippen LogP contribution is 2.31. The first-order valence-electron chi connectivity index (χ1n) is 9.65. The molecule has 0 bridgehead atoms. The Morgan fingerprint density at radius 1 is 0.938 bits per heavy atom. The minimum absolute atomic E-state index is 0.120. The van der Waals surface area contributed by atoms with Crippen molar-refractivity contribution >= 4 is 34.2 Å². The monoisotopic (exact) mass is 427 g/mol. The molecule has 0 saturated heterocycles. The first-order valence-corrected chi connectivity index (χ1v) is 9.65. The van der Waals surface area contributed by atoms with Crippen LogP contribution in [-0.4, -0.2) is 21.8 Å². The lowest BCUT2D eigenvalue weighted by atomic mass is 10.1. The van der Waals surface area contributed by atoms with E-state index in [9.17, 15) is 19.7 Å². The summed E-state index contributed by atoms with van der Waals surface area (Å²) < 4.78 is 5.51. The molecule has 8 nitrogen and oxygen atoms in total. The van der Waals surface area contributed by atoms with Crippen LogP contribution < -0.4 is 10.1 Å². The molecule has 1 heterocycles. The zero-order valence-corrected chi connectivity index (χ0v) is 16.9. The number of esters is 1. The number of hydrogen-bond donors (Lipinski definition) is 1. The molecule has 4 aromatic rings. The van der Waals surface area contributed by atoms with Crippen molar-refractivity contribution < 1.29 is 19.2 Å². The van der Waals surface area contributed by atoms with E-state index in [0.29, 0.717) is 22.2 Å². The Bertz CT molecular complexity index is 1330. The van der Waals surface area contributed by atoms with Gasteiger partial charge in [0, 0.05) is 29.3 Å². The summed E-state index contributed by atoms with van der Waals surface area (Å²) in [6, 6.07) is 18.9. The number of amides is 1. The number of ether oxygens (including phenoxy) is 1. The third kappa shape index (κ3) is 4.29. The van der Waals surface area contributed by atoms with Gasteiger partial charge < -0.3 is 10.1 Å². The highest BCUT2D eigenvalue weighted by atomic mass is 16.6. The van der Waals surface area contributed by atoms with Gasteiger partial charge in [0.25, 0.3) is 11.6 Å². The zero-order valence-electron chi connectivity index (χ0n) is 16.9. The van der Waals surface area contributed by atoms with Crippen molar-refractivity contribution in [3.8, 4) is 5.75 Å². The van der Waals surface area contributed by atoms with E-state index < -0.39 is 10.9 Å². The van der Waals surface area contributed by atoms with Gasteiger partial charge in [0.15, 0.2) is 0 Å². The van der Waals surface area contributed by atoms with Gasteiger partial charge in [-0.15, -0.1) is 0 Å². The molecular formula is C24H17N3O5. The molecule has 0 aliphatic rings. The Balaban J connectivity index is 1.60. The van der Waals surface area contributed by atoms with Gasteiger partial charge in [-0.3, -0.25) is 19.9 Å². The maximum atomic E-state index is 12.6. The van der Waals surface area contributed by atoms with Crippen molar-refractivity contribution in [2.75, 3.05) is 5.32 Å². The van der Waals surface area contributed by atoms with Crippen molar-refractivity contribution in [3.63, 3.8) is 0 Å². The maximum absolute atomic E-state index is 12.6. The van der Waals surface area contributed by atoms with Crippen LogP contribution in [0.5, 0.6) is 5.75 Å². The maximum Gasteiger partial charge on any atom is 0.343 e. The first kappa shape index (κ1) is 20.7. The van der Waals surface area contributed by atoms with E-state index in [0.717, 1.165) is 5.56 Å². The largest absolute Gasteiger partial charge is 0.422 e. The smallest absolute Gasteiger partial charge is 0.343 e. The summed E-state index contributed by atoms with van der Waals surface area (Å²) in [5.41, 5.74) is 2.54. The molecule has 8 heteroatoms. The number of aromatic nitrogens is 1. The predicted molar refractivity (Wildman–Crippen MR) is 119 cm³/mol. The Morgan fingerprint density at radius 2 is 1.62 bits per heavy atom. The standard InChI is InChI=1S/C24H17N3O5/c1-15-4-6-16(7-5-15)23(28)26-20-12-13-21(19-3-2-14-25-22(19)20)32-24(29)17-8-10-18(11-9-17)27(30)31/h2-14H,1H3,(H,26,28). The molecule has 1 N–H and O–H groups in total. The van der Waals surface area contributed by atoms with Crippen LogP contribution in [0.3, 0.4) is 0 Å². The van der Waals surface area contributed by atoms with Crippen LogP contribution in [0, 0.1) is 17.0 Å². The van der Waals surface area contributed by atoms with Gasteiger partial charge in [-0.05, 0) is 55.5 Å². The number of nitrogens with zero attached hydrogens (tertiary/aromatic N) is 2. The summed E-state index contributed by atoms with van der Waals surface area (Å²) in [7, 11) is 0. The van der Waals surface area contributed by atoms with Crippen LogP contribution in [0.1, 0.15) is 26.3 Å². The summed E-state index contributed by atoms with van der Waals surface area (Å²) in [6.07, 6.45) is 1.58. The van der Waals surface area contributed by atoms with Gasteiger partial charge in [0.1, 0.15) is 5.75 Å². The second-order valence-electron chi connectivity index (χ2n) is 7.02. The van der Waals surface area contributed by atoms with E-state index in [1.165, 1.54) is 24.3 Å². The molecule has 158 valence electrons. The lowest BCUT2D eigenvalue weighted by molar-refractivity contribution is -0.384. The normalized spacial score (nSPS) is 10.5.